The average Bonchev–Trinajstić information content (AvgIpc) is 2.85. The normalized spacial score (nSPS) is 10.9. The zero-order valence-electron chi connectivity index (χ0n) is 24.6. The lowest BCUT2D eigenvalue weighted by molar-refractivity contribution is 0.474. The summed E-state index contributed by atoms with van der Waals surface area (Å²) in [6.07, 6.45) is 9.10. The second-order valence-corrected chi connectivity index (χ2v) is 9.73. The van der Waals surface area contributed by atoms with Crippen LogP contribution >= 0.6 is 0 Å². The number of hydrogen-bond donors (Lipinski definition) is 2. The van der Waals surface area contributed by atoms with E-state index in [0.29, 0.717) is 0 Å². The molecule has 2 aromatic rings. The molecule has 0 saturated heterocycles. The van der Waals surface area contributed by atoms with Gasteiger partial charge in [-0.2, -0.15) is 0 Å². The van der Waals surface area contributed by atoms with Crippen LogP contribution in [0.4, 0.5) is 5.69 Å². The number of nitrogens with zero attached hydrogens (tertiary/aromatic N) is 1. The SMILES string of the molecule is C=C(C)C(CCC)CCC.CC(=Nc1ccccc1C)c1cc(C)ccc1O.CCCCNCCC. The smallest absolute Gasteiger partial charge is 0.124 e. The van der Waals surface area contributed by atoms with Gasteiger partial charge >= 0.3 is 0 Å². The van der Waals surface area contributed by atoms with Gasteiger partial charge in [-0.1, -0.05) is 88.9 Å². The Hall–Kier alpha value is -2.39. The maximum absolute atomic E-state index is 9.87. The zero-order chi connectivity index (χ0) is 27.3. The van der Waals surface area contributed by atoms with E-state index in [1.807, 2.05) is 57.2 Å². The molecule has 2 aromatic carbocycles. The van der Waals surface area contributed by atoms with Gasteiger partial charge in [-0.25, -0.2) is 0 Å². The Morgan fingerprint density at radius 1 is 0.889 bits per heavy atom. The first-order chi connectivity index (χ1) is 17.2. The zero-order valence-corrected chi connectivity index (χ0v) is 24.6. The van der Waals surface area contributed by atoms with Gasteiger partial charge in [0.1, 0.15) is 5.75 Å². The number of phenolic OH excluding ortho intramolecular Hbond substituents is 1. The highest BCUT2D eigenvalue weighted by molar-refractivity contribution is 6.02. The average molecular weight is 495 g/mol. The van der Waals surface area contributed by atoms with E-state index >= 15 is 0 Å². The van der Waals surface area contributed by atoms with Crippen LogP contribution in [0.1, 0.15) is 103 Å². The standard InChI is InChI=1S/C16H17NO.C10H20.C7H17N/c1-11-8-9-16(18)14(10-11)13(3)17-15-7-5-4-6-12(15)2;1-5-7-10(8-6-2)9(3)4;1-3-5-7-8-6-4-2/h4-10,18H,1-3H3;10H,3,5-8H2,1-2,4H3;8H,3-7H2,1-2H3. The van der Waals surface area contributed by atoms with E-state index in [0.717, 1.165) is 34.0 Å². The number of phenols is 1. The van der Waals surface area contributed by atoms with Crippen molar-refractivity contribution in [2.45, 2.75) is 100 Å². The third-order valence-corrected chi connectivity index (χ3v) is 6.05. The topological polar surface area (TPSA) is 44.6 Å². The summed E-state index contributed by atoms with van der Waals surface area (Å²) >= 11 is 0. The van der Waals surface area contributed by atoms with E-state index in [2.05, 4.69) is 51.5 Å². The third-order valence-electron chi connectivity index (χ3n) is 6.05. The van der Waals surface area contributed by atoms with E-state index in [9.17, 15) is 5.11 Å². The van der Waals surface area contributed by atoms with Gasteiger partial charge in [0, 0.05) is 11.3 Å². The monoisotopic (exact) mass is 494 g/mol. The molecule has 0 bridgehead atoms. The molecule has 0 spiro atoms. The van der Waals surface area contributed by atoms with Crippen molar-refractivity contribution in [2.24, 2.45) is 10.9 Å². The molecule has 3 heteroatoms. The minimum Gasteiger partial charge on any atom is -0.507 e. The molecule has 0 radical (unpaired) electrons. The summed E-state index contributed by atoms with van der Waals surface area (Å²) in [7, 11) is 0. The van der Waals surface area contributed by atoms with Crippen molar-refractivity contribution in [1.29, 1.82) is 0 Å². The molecule has 0 aliphatic heterocycles. The second-order valence-electron chi connectivity index (χ2n) is 9.73. The predicted molar refractivity (Wildman–Crippen MR) is 162 cm³/mol. The highest BCUT2D eigenvalue weighted by Gasteiger charge is 2.06. The molecule has 2 rings (SSSR count). The van der Waals surface area contributed by atoms with E-state index in [4.69, 9.17) is 0 Å². The Morgan fingerprint density at radius 3 is 2.06 bits per heavy atom. The summed E-state index contributed by atoms with van der Waals surface area (Å²) in [5, 5.41) is 13.2. The number of hydrogen-bond acceptors (Lipinski definition) is 3. The highest BCUT2D eigenvalue weighted by Crippen LogP contribution is 2.23. The van der Waals surface area contributed by atoms with Crippen LogP contribution in [-0.2, 0) is 0 Å². The number of allylic oxidation sites excluding steroid dienone is 1. The number of nitrogens with one attached hydrogen (secondary N) is 1. The first-order valence-electron chi connectivity index (χ1n) is 14.0. The lowest BCUT2D eigenvalue weighted by atomic mass is 9.92. The lowest BCUT2D eigenvalue weighted by Crippen LogP contribution is -2.15. The summed E-state index contributed by atoms with van der Waals surface area (Å²) < 4.78 is 0. The maximum atomic E-state index is 9.87. The van der Waals surface area contributed by atoms with Crippen LogP contribution in [0.25, 0.3) is 0 Å². The number of rotatable bonds is 12. The quantitative estimate of drug-likeness (QED) is 0.175. The molecule has 0 aromatic heterocycles. The fourth-order valence-corrected chi connectivity index (χ4v) is 3.81. The largest absolute Gasteiger partial charge is 0.507 e. The van der Waals surface area contributed by atoms with Crippen molar-refractivity contribution in [3.05, 3.63) is 71.3 Å². The van der Waals surface area contributed by atoms with Gasteiger partial charge in [0.05, 0.1) is 5.69 Å². The summed E-state index contributed by atoms with van der Waals surface area (Å²) in [6.45, 7) is 23.4. The third kappa shape index (κ3) is 14.9. The van der Waals surface area contributed by atoms with Crippen LogP contribution in [0, 0.1) is 19.8 Å². The van der Waals surface area contributed by atoms with Gasteiger partial charge in [-0.15, -0.1) is 0 Å². The molecule has 0 aliphatic rings. The fraction of sp³-hybridized carbons (Fsp3) is 0.545. The Balaban J connectivity index is 0.000000578. The molecule has 0 fully saturated rings. The number of aliphatic imine (C=N–C) groups is 1. The van der Waals surface area contributed by atoms with E-state index in [-0.39, 0.29) is 5.75 Å². The Bertz CT molecular complexity index is 873. The molecule has 0 heterocycles. The van der Waals surface area contributed by atoms with Gasteiger partial charge in [-0.3, -0.25) is 4.99 Å². The molecular formula is C33H54N2O. The van der Waals surface area contributed by atoms with Crippen LogP contribution < -0.4 is 5.32 Å². The van der Waals surface area contributed by atoms with E-state index < -0.39 is 0 Å². The van der Waals surface area contributed by atoms with Crippen molar-refractivity contribution in [3.63, 3.8) is 0 Å². The second kappa shape index (κ2) is 20.8. The molecule has 202 valence electrons. The summed E-state index contributed by atoms with van der Waals surface area (Å²) in [5.74, 6) is 1.06. The van der Waals surface area contributed by atoms with Crippen LogP contribution in [0.3, 0.4) is 0 Å². The molecule has 2 N–H and O–H groups in total. The summed E-state index contributed by atoms with van der Waals surface area (Å²) in [6, 6.07) is 13.5. The van der Waals surface area contributed by atoms with Gasteiger partial charge in [0.15, 0.2) is 0 Å². The molecule has 0 aliphatic carbocycles. The molecule has 0 amide bonds. The minimum atomic E-state index is 0.274. The first kappa shape index (κ1) is 33.6. The van der Waals surface area contributed by atoms with Crippen molar-refractivity contribution >= 4 is 11.4 Å². The van der Waals surface area contributed by atoms with Crippen LogP contribution in [0.15, 0.2) is 59.6 Å². The van der Waals surface area contributed by atoms with Gasteiger partial charge in [-0.05, 0) is 96.1 Å². The Morgan fingerprint density at radius 2 is 1.53 bits per heavy atom. The van der Waals surface area contributed by atoms with Crippen molar-refractivity contribution in [2.75, 3.05) is 13.1 Å². The van der Waals surface area contributed by atoms with Gasteiger partial charge in [0.2, 0.25) is 0 Å². The summed E-state index contributed by atoms with van der Waals surface area (Å²) in [5.41, 5.74) is 6.16. The molecular weight excluding hydrogens is 440 g/mol. The summed E-state index contributed by atoms with van der Waals surface area (Å²) in [4.78, 5) is 4.59. The molecule has 0 atom stereocenters. The number of para-hydroxylation sites is 1. The Kier molecular flexibility index (Phi) is 19.4. The molecule has 0 saturated carbocycles. The molecule has 3 nitrogen and oxygen atoms in total. The fourth-order valence-electron chi connectivity index (χ4n) is 3.81. The van der Waals surface area contributed by atoms with E-state index in [1.54, 1.807) is 6.07 Å². The van der Waals surface area contributed by atoms with Crippen LogP contribution in [0.5, 0.6) is 5.75 Å². The lowest BCUT2D eigenvalue weighted by Gasteiger charge is -2.14. The first-order valence-corrected chi connectivity index (χ1v) is 14.0. The molecule has 0 unspecified atom stereocenters. The predicted octanol–water partition coefficient (Wildman–Crippen LogP) is 9.71. The van der Waals surface area contributed by atoms with E-state index in [1.165, 1.54) is 63.6 Å². The highest BCUT2D eigenvalue weighted by atomic mass is 16.3. The van der Waals surface area contributed by atoms with Crippen molar-refractivity contribution in [3.8, 4) is 5.75 Å². The number of aryl methyl sites for hydroxylation is 2. The molecule has 36 heavy (non-hydrogen) atoms. The maximum Gasteiger partial charge on any atom is 0.124 e. The van der Waals surface area contributed by atoms with Crippen LogP contribution in [0.2, 0.25) is 0 Å². The van der Waals surface area contributed by atoms with Gasteiger partial charge < -0.3 is 10.4 Å². The Labute approximate surface area is 223 Å². The number of aromatic hydroxyl groups is 1. The van der Waals surface area contributed by atoms with Crippen molar-refractivity contribution < 1.29 is 5.11 Å². The van der Waals surface area contributed by atoms with Crippen LogP contribution in [-0.4, -0.2) is 23.9 Å². The minimum absolute atomic E-state index is 0.274. The number of unbranched alkanes of at least 4 members (excludes halogenated alkanes) is 1. The van der Waals surface area contributed by atoms with Crippen molar-refractivity contribution in [1.82, 2.24) is 5.32 Å². The van der Waals surface area contributed by atoms with Gasteiger partial charge in [0.25, 0.3) is 0 Å². The number of benzene rings is 2.